The van der Waals surface area contributed by atoms with E-state index >= 15 is 0 Å². The highest BCUT2D eigenvalue weighted by molar-refractivity contribution is 7.99. The van der Waals surface area contributed by atoms with E-state index in [9.17, 15) is 9.59 Å². The average molecular weight is 293 g/mol. The molecule has 20 heavy (non-hydrogen) atoms. The van der Waals surface area contributed by atoms with Crippen molar-refractivity contribution in [2.24, 2.45) is 0 Å². The molecule has 0 aliphatic carbocycles. The van der Waals surface area contributed by atoms with E-state index in [0.717, 1.165) is 24.3 Å². The SMILES string of the molecule is O=C(O)c1ccc(N2CCC3(CCSC3)OC2=O)cc1. The van der Waals surface area contributed by atoms with Gasteiger partial charge in [-0.25, -0.2) is 9.59 Å². The number of nitrogens with zero attached hydrogens (tertiary/aromatic N) is 1. The fraction of sp³-hybridized carbons (Fsp3) is 0.429. The molecule has 1 unspecified atom stereocenters. The second-order valence-electron chi connectivity index (χ2n) is 5.11. The molecule has 5 nitrogen and oxygen atoms in total. The summed E-state index contributed by atoms with van der Waals surface area (Å²) in [6.45, 7) is 0.617. The summed E-state index contributed by atoms with van der Waals surface area (Å²) in [6, 6.07) is 6.29. The van der Waals surface area contributed by atoms with Gasteiger partial charge in [-0.1, -0.05) is 0 Å². The lowest BCUT2D eigenvalue weighted by molar-refractivity contribution is 0.0153. The Morgan fingerprint density at radius 2 is 2.05 bits per heavy atom. The van der Waals surface area contributed by atoms with Crippen molar-refractivity contribution in [3.63, 3.8) is 0 Å². The molecule has 0 bridgehead atoms. The molecule has 1 atom stereocenters. The molecule has 1 spiro atoms. The van der Waals surface area contributed by atoms with E-state index in [1.807, 2.05) is 11.8 Å². The minimum absolute atomic E-state index is 0.211. The van der Waals surface area contributed by atoms with Crippen LogP contribution in [0.1, 0.15) is 23.2 Å². The standard InChI is InChI=1S/C14H15NO4S/c16-12(17)10-1-3-11(4-2-10)15-7-5-14(19-13(15)18)6-8-20-9-14/h1-4H,5-9H2,(H,16,17). The van der Waals surface area contributed by atoms with Crippen LogP contribution in [0.25, 0.3) is 0 Å². The van der Waals surface area contributed by atoms with E-state index in [2.05, 4.69) is 0 Å². The number of hydrogen-bond acceptors (Lipinski definition) is 4. The lowest BCUT2D eigenvalue weighted by Crippen LogP contribution is -2.49. The predicted molar refractivity (Wildman–Crippen MR) is 76.5 cm³/mol. The maximum Gasteiger partial charge on any atom is 0.414 e. The van der Waals surface area contributed by atoms with Crippen LogP contribution in [0.4, 0.5) is 10.5 Å². The van der Waals surface area contributed by atoms with Gasteiger partial charge in [0.05, 0.1) is 5.56 Å². The Balaban J connectivity index is 1.75. The van der Waals surface area contributed by atoms with E-state index in [1.165, 1.54) is 12.1 Å². The zero-order valence-electron chi connectivity index (χ0n) is 10.9. The topological polar surface area (TPSA) is 66.8 Å². The Morgan fingerprint density at radius 1 is 1.30 bits per heavy atom. The summed E-state index contributed by atoms with van der Waals surface area (Å²) >= 11 is 1.82. The number of benzene rings is 1. The van der Waals surface area contributed by atoms with Crippen molar-refractivity contribution < 1.29 is 19.4 Å². The predicted octanol–water partition coefficient (Wildman–Crippen LogP) is 2.61. The molecule has 2 saturated heterocycles. The molecule has 1 aromatic rings. The number of amides is 1. The monoisotopic (exact) mass is 293 g/mol. The van der Waals surface area contributed by atoms with Gasteiger partial charge in [0.25, 0.3) is 0 Å². The van der Waals surface area contributed by atoms with Crippen molar-refractivity contribution in [2.45, 2.75) is 18.4 Å². The summed E-state index contributed by atoms with van der Waals surface area (Å²) in [4.78, 5) is 24.5. The van der Waals surface area contributed by atoms with Gasteiger partial charge in [0.1, 0.15) is 5.60 Å². The molecule has 3 rings (SSSR count). The Hall–Kier alpha value is -1.69. The van der Waals surface area contributed by atoms with Gasteiger partial charge in [-0.05, 0) is 36.4 Å². The van der Waals surface area contributed by atoms with Gasteiger partial charge >= 0.3 is 12.1 Å². The Morgan fingerprint density at radius 3 is 2.60 bits per heavy atom. The molecule has 0 radical (unpaired) electrons. The first-order chi connectivity index (χ1) is 9.60. The molecular weight excluding hydrogens is 278 g/mol. The summed E-state index contributed by atoms with van der Waals surface area (Å²) in [6.07, 6.45) is 1.42. The van der Waals surface area contributed by atoms with Gasteiger partial charge < -0.3 is 9.84 Å². The van der Waals surface area contributed by atoms with Gasteiger partial charge in [0.2, 0.25) is 0 Å². The fourth-order valence-electron chi connectivity index (χ4n) is 2.58. The number of thioether (sulfide) groups is 1. The molecule has 2 fully saturated rings. The number of carbonyl (C=O) groups is 2. The summed E-state index contributed by atoms with van der Waals surface area (Å²) in [5.41, 5.74) is 0.613. The highest BCUT2D eigenvalue weighted by atomic mass is 32.2. The molecule has 1 N–H and O–H groups in total. The first-order valence-corrected chi connectivity index (χ1v) is 7.67. The smallest absolute Gasteiger partial charge is 0.414 e. The van der Waals surface area contributed by atoms with Gasteiger partial charge in [0, 0.05) is 24.4 Å². The first kappa shape index (κ1) is 13.3. The lowest BCUT2D eigenvalue weighted by atomic mass is 9.97. The maximum atomic E-state index is 12.2. The molecule has 6 heteroatoms. The van der Waals surface area contributed by atoms with Crippen molar-refractivity contribution in [1.82, 2.24) is 0 Å². The van der Waals surface area contributed by atoms with Crippen molar-refractivity contribution >= 4 is 29.5 Å². The summed E-state index contributed by atoms with van der Waals surface area (Å²) < 4.78 is 5.63. The molecule has 2 heterocycles. The third-order valence-corrected chi connectivity index (χ3v) is 5.03. The number of hydrogen-bond donors (Lipinski definition) is 1. The van der Waals surface area contributed by atoms with Crippen LogP contribution >= 0.6 is 11.8 Å². The van der Waals surface area contributed by atoms with Crippen LogP contribution < -0.4 is 4.90 Å². The Kier molecular flexibility index (Phi) is 3.33. The zero-order valence-corrected chi connectivity index (χ0v) is 11.7. The number of anilines is 1. The Bertz CT molecular complexity index is 537. The average Bonchev–Trinajstić information content (AvgIpc) is 2.87. The number of carboxylic acid groups (broad SMARTS) is 1. The molecule has 0 saturated carbocycles. The minimum Gasteiger partial charge on any atom is -0.478 e. The van der Waals surface area contributed by atoms with Crippen molar-refractivity contribution in [3.8, 4) is 0 Å². The summed E-state index contributed by atoms with van der Waals surface area (Å²) in [5, 5.41) is 8.87. The van der Waals surface area contributed by atoms with Gasteiger partial charge in [-0.3, -0.25) is 4.90 Å². The van der Waals surface area contributed by atoms with E-state index in [4.69, 9.17) is 9.84 Å². The van der Waals surface area contributed by atoms with E-state index < -0.39 is 5.97 Å². The first-order valence-electron chi connectivity index (χ1n) is 6.51. The van der Waals surface area contributed by atoms with E-state index in [1.54, 1.807) is 17.0 Å². The van der Waals surface area contributed by atoms with E-state index in [-0.39, 0.29) is 17.3 Å². The van der Waals surface area contributed by atoms with Gasteiger partial charge in [0.15, 0.2) is 0 Å². The van der Waals surface area contributed by atoms with Crippen molar-refractivity contribution in [2.75, 3.05) is 23.0 Å². The van der Waals surface area contributed by atoms with Crippen molar-refractivity contribution in [3.05, 3.63) is 29.8 Å². The van der Waals surface area contributed by atoms with Crippen LogP contribution in [0.5, 0.6) is 0 Å². The third kappa shape index (κ3) is 2.35. The number of rotatable bonds is 2. The number of carboxylic acids is 1. The summed E-state index contributed by atoms with van der Waals surface area (Å²) in [5.74, 6) is 0.949. The molecular formula is C14H15NO4S. The maximum absolute atomic E-state index is 12.2. The quantitative estimate of drug-likeness (QED) is 0.908. The highest BCUT2D eigenvalue weighted by Crippen LogP contribution is 2.38. The molecule has 1 amide bonds. The van der Waals surface area contributed by atoms with Gasteiger partial charge in [-0.2, -0.15) is 11.8 Å². The second-order valence-corrected chi connectivity index (χ2v) is 6.21. The minimum atomic E-state index is -0.972. The molecule has 106 valence electrons. The van der Waals surface area contributed by atoms with Crippen molar-refractivity contribution in [1.29, 1.82) is 0 Å². The normalized spacial score (nSPS) is 25.8. The molecule has 1 aromatic carbocycles. The van der Waals surface area contributed by atoms with Crippen LogP contribution in [0.3, 0.4) is 0 Å². The van der Waals surface area contributed by atoms with Gasteiger partial charge in [-0.15, -0.1) is 0 Å². The number of ether oxygens (including phenoxy) is 1. The lowest BCUT2D eigenvalue weighted by Gasteiger charge is -2.38. The number of aromatic carboxylic acids is 1. The largest absolute Gasteiger partial charge is 0.478 e. The third-order valence-electron chi connectivity index (χ3n) is 3.81. The van der Waals surface area contributed by atoms with Crippen LogP contribution in [0.2, 0.25) is 0 Å². The second kappa shape index (κ2) is 5.01. The molecule has 0 aromatic heterocycles. The van der Waals surface area contributed by atoms with Crippen LogP contribution in [-0.2, 0) is 4.74 Å². The molecule has 2 aliphatic heterocycles. The Labute approximate surface area is 120 Å². The highest BCUT2D eigenvalue weighted by Gasteiger charge is 2.43. The zero-order chi connectivity index (χ0) is 14.2. The molecule has 2 aliphatic rings. The summed E-state index contributed by atoms with van der Waals surface area (Å²) in [7, 11) is 0. The van der Waals surface area contributed by atoms with Crippen LogP contribution in [0, 0.1) is 0 Å². The van der Waals surface area contributed by atoms with Crippen LogP contribution in [-0.4, -0.2) is 40.8 Å². The van der Waals surface area contributed by atoms with E-state index in [0.29, 0.717) is 12.2 Å². The number of carbonyl (C=O) groups excluding carboxylic acids is 1. The van der Waals surface area contributed by atoms with Crippen LogP contribution in [0.15, 0.2) is 24.3 Å². The fourth-order valence-corrected chi connectivity index (χ4v) is 3.96.